The predicted octanol–water partition coefficient (Wildman–Crippen LogP) is 5.98. The molecular formula is C29H34F3N3O3. The van der Waals surface area contributed by atoms with Gasteiger partial charge in [0, 0.05) is 42.0 Å². The number of anilines is 1. The van der Waals surface area contributed by atoms with Crippen molar-refractivity contribution in [2.45, 2.75) is 45.2 Å². The van der Waals surface area contributed by atoms with Crippen molar-refractivity contribution in [3.63, 3.8) is 0 Å². The molecule has 1 aliphatic rings. The number of piperidine rings is 1. The molecule has 2 N–H and O–H groups in total. The molecule has 38 heavy (non-hydrogen) atoms. The zero-order chi connectivity index (χ0) is 27.1. The molecule has 0 atom stereocenters. The SMILES string of the molecule is COc1ccc2ncc(CF)c(CCCC3(CC(=O)O)CCN(CCNc4cc(F)cc(F)c4)CC3)c2c1. The maximum Gasteiger partial charge on any atom is 0.303 e. The molecule has 0 radical (unpaired) electrons. The van der Waals surface area contributed by atoms with Crippen LogP contribution in [0.4, 0.5) is 18.9 Å². The first-order chi connectivity index (χ1) is 18.3. The monoisotopic (exact) mass is 529 g/mol. The third-order valence-electron chi connectivity index (χ3n) is 7.62. The average molecular weight is 530 g/mol. The summed E-state index contributed by atoms with van der Waals surface area (Å²) >= 11 is 0. The van der Waals surface area contributed by atoms with Crippen molar-refractivity contribution in [3.05, 3.63) is 65.4 Å². The first-order valence-corrected chi connectivity index (χ1v) is 13.0. The van der Waals surface area contributed by atoms with Crippen molar-refractivity contribution in [1.82, 2.24) is 9.88 Å². The number of carbonyl (C=O) groups is 1. The van der Waals surface area contributed by atoms with Gasteiger partial charge in [0.05, 0.1) is 19.0 Å². The van der Waals surface area contributed by atoms with E-state index in [9.17, 15) is 23.1 Å². The van der Waals surface area contributed by atoms with Gasteiger partial charge in [-0.15, -0.1) is 0 Å². The van der Waals surface area contributed by atoms with Crippen molar-refractivity contribution < 1.29 is 27.8 Å². The Bertz CT molecular complexity index is 1240. The molecule has 0 amide bonds. The highest BCUT2D eigenvalue weighted by Crippen LogP contribution is 2.40. The molecule has 1 aliphatic heterocycles. The number of benzene rings is 2. The molecule has 0 aliphatic carbocycles. The van der Waals surface area contributed by atoms with E-state index in [0.29, 0.717) is 36.5 Å². The van der Waals surface area contributed by atoms with Gasteiger partial charge < -0.3 is 20.1 Å². The summed E-state index contributed by atoms with van der Waals surface area (Å²) in [7, 11) is 1.59. The number of halogens is 3. The molecule has 0 saturated carbocycles. The quantitative estimate of drug-likeness (QED) is 0.301. The minimum atomic E-state index is -0.809. The van der Waals surface area contributed by atoms with Crippen molar-refractivity contribution in [3.8, 4) is 5.75 Å². The second-order valence-electron chi connectivity index (χ2n) is 10.1. The number of alkyl halides is 1. The van der Waals surface area contributed by atoms with Crippen LogP contribution in [0.15, 0.2) is 42.6 Å². The number of aryl methyl sites for hydroxylation is 1. The van der Waals surface area contributed by atoms with Gasteiger partial charge in [-0.05, 0) is 86.5 Å². The van der Waals surface area contributed by atoms with Gasteiger partial charge in [0.2, 0.25) is 0 Å². The molecule has 0 unspecified atom stereocenters. The third-order valence-corrected chi connectivity index (χ3v) is 7.62. The summed E-state index contributed by atoms with van der Waals surface area (Å²) in [6.45, 7) is 2.10. The van der Waals surface area contributed by atoms with Gasteiger partial charge in [-0.2, -0.15) is 0 Å². The number of ether oxygens (including phenoxy) is 1. The van der Waals surface area contributed by atoms with Crippen LogP contribution in [0.5, 0.6) is 5.75 Å². The number of aromatic nitrogens is 1. The summed E-state index contributed by atoms with van der Waals surface area (Å²) in [6, 6.07) is 8.93. The van der Waals surface area contributed by atoms with Gasteiger partial charge in [-0.25, -0.2) is 13.2 Å². The summed E-state index contributed by atoms with van der Waals surface area (Å²) in [6.07, 6.45) is 5.27. The Hall–Kier alpha value is -3.33. The first kappa shape index (κ1) is 27.7. The van der Waals surface area contributed by atoms with Gasteiger partial charge in [-0.3, -0.25) is 9.78 Å². The van der Waals surface area contributed by atoms with Crippen LogP contribution in [0.1, 0.15) is 43.2 Å². The van der Waals surface area contributed by atoms with Crippen LogP contribution < -0.4 is 10.1 Å². The molecule has 0 spiro atoms. The number of hydrogen-bond donors (Lipinski definition) is 2. The van der Waals surface area contributed by atoms with Crippen molar-refractivity contribution in [2.75, 3.05) is 38.6 Å². The lowest BCUT2D eigenvalue weighted by atomic mass is 9.72. The van der Waals surface area contributed by atoms with E-state index in [1.165, 1.54) is 12.1 Å². The lowest BCUT2D eigenvalue weighted by molar-refractivity contribution is -0.140. The number of carboxylic acids is 1. The van der Waals surface area contributed by atoms with E-state index in [-0.39, 0.29) is 11.8 Å². The Balaban J connectivity index is 1.36. The number of nitrogens with one attached hydrogen (secondary N) is 1. The molecule has 1 saturated heterocycles. The van der Waals surface area contributed by atoms with Gasteiger partial charge >= 0.3 is 5.97 Å². The van der Waals surface area contributed by atoms with Crippen LogP contribution >= 0.6 is 0 Å². The summed E-state index contributed by atoms with van der Waals surface area (Å²) in [5.41, 5.74) is 2.31. The molecular weight excluding hydrogens is 495 g/mol. The number of pyridine rings is 1. The van der Waals surface area contributed by atoms with Gasteiger partial charge in [-0.1, -0.05) is 0 Å². The predicted molar refractivity (Wildman–Crippen MR) is 141 cm³/mol. The van der Waals surface area contributed by atoms with E-state index < -0.39 is 24.3 Å². The third kappa shape index (κ3) is 6.95. The Morgan fingerprint density at radius 3 is 2.55 bits per heavy atom. The van der Waals surface area contributed by atoms with E-state index in [1.807, 2.05) is 18.2 Å². The lowest BCUT2D eigenvalue weighted by Gasteiger charge is -2.41. The fourth-order valence-corrected chi connectivity index (χ4v) is 5.55. The van der Waals surface area contributed by atoms with E-state index >= 15 is 0 Å². The minimum Gasteiger partial charge on any atom is -0.497 e. The average Bonchev–Trinajstić information content (AvgIpc) is 2.88. The zero-order valence-corrected chi connectivity index (χ0v) is 21.6. The van der Waals surface area contributed by atoms with Crippen LogP contribution in [0, 0.1) is 17.0 Å². The Kier molecular flexibility index (Phi) is 9.09. The van der Waals surface area contributed by atoms with E-state index in [1.54, 1.807) is 13.3 Å². The summed E-state index contributed by atoms with van der Waals surface area (Å²) in [5, 5.41) is 13.6. The van der Waals surface area contributed by atoms with Crippen LogP contribution in [0.3, 0.4) is 0 Å². The smallest absolute Gasteiger partial charge is 0.303 e. The minimum absolute atomic E-state index is 0.0997. The summed E-state index contributed by atoms with van der Waals surface area (Å²) in [5.74, 6) is -1.37. The molecule has 4 rings (SSSR count). The molecule has 1 aromatic heterocycles. The largest absolute Gasteiger partial charge is 0.497 e. The Morgan fingerprint density at radius 1 is 1.16 bits per heavy atom. The highest BCUT2D eigenvalue weighted by molar-refractivity contribution is 5.84. The number of rotatable bonds is 12. The highest BCUT2D eigenvalue weighted by Gasteiger charge is 2.36. The van der Waals surface area contributed by atoms with Gasteiger partial charge in [0.25, 0.3) is 0 Å². The molecule has 3 aromatic rings. The Morgan fingerprint density at radius 2 is 1.89 bits per heavy atom. The van der Waals surface area contributed by atoms with E-state index in [4.69, 9.17) is 4.74 Å². The lowest BCUT2D eigenvalue weighted by Crippen LogP contribution is -2.43. The number of nitrogens with zero attached hydrogens (tertiary/aromatic N) is 2. The first-order valence-electron chi connectivity index (χ1n) is 13.0. The van der Waals surface area contributed by atoms with Crippen molar-refractivity contribution in [1.29, 1.82) is 0 Å². The number of hydrogen-bond acceptors (Lipinski definition) is 5. The molecule has 6 nitrogen and oxygen atoms in total. The van der Waals surface area contributed by atoms with Gasteiger partial charge in [0.1, 0.15) is 24.1 Å². The molecule has 2 aromatic carbocycles. The fourth-order valence-electron chi connectivity index (χ4n) is 5.55. The molecule has 2 heterocycles. The molecule has 9 heteroatoms. The molecule has 1 fully saturated rings. The second kappa shape index (κ2) is 12.5. The molecule has 0 bridgehead atoms. The number of methoxy groups -OCH3 is 1. The van der Waals surface area contributed by atoms with Crippen LogP contribution in [-0.2, 0) is 17.9 Å². The summed E-state index contributed by atoms with van der Waals surface area (Å²) < 4.78 is 46.0. The van der Waals surface area contributed by atoms with Crippen molar-refractivity contribution in [2.24, 2.45) is 5.41 Å². The second-order valence-corrected chi connectivity index (χ2v) is 10.1. The maximum absolute atomic E-state index is 13.8. The van der Waals surface area contributed by atoms with E-state index in [2.05, 4.69) is 15.2 Å². The van der Waals surface area contributed by atoms with Crippen LogP contribution in [0.2, 0.25) is 0 Å². The fraction of sp³-hybridized carbons (Fsp3) is 0.448. The highest BCUT2D eigenvalue weighted by atomic mass is 19.1. The van der Waals surface area contributed by atoms with E-state index in [0.717, 1.165) is 61.3 Å². The Labute approximate surface area is 220 Å². The number of carboxylic acid groups (broad SMARTS) is 1. The van der Waals surface area contributed by atoms with Crippen LogP contribution in [0.25, 0.3) is 10.9 Å². The maximum atomic E-state index is 13.8. The standard InChI is InChI=1S/C29H34F3N3O3/c1-38-24-4-5-27-26(16-24)25(20(18-30)19-34-27)3-2-6-29(17-28(36)37)7-10-35(11-8-29)12-9-33-23-14-21(31)13-22(32)15-23/h4-5,13-16,19,33H,2-3,6-12,17-18H2,1H3,(H,36,37). The number of likely N-dealkylation sites (tertiary alicyclic amines) is 1. The number of fused-ring (bicyclic) bond motifs is 1. The van der Waals surface area contributed by atoms with Crippen molar-refractivity contribution >= 4 is 22.6 Å². The zero-order valence-electron chi connectivity index (χ0n) is 21.6. The molecule has 204 valence electrons. The van der Waals surface area contributed by atoms with Crippen LogP contribution in [-0.4, -0.2) is 54.2 Å². The summed E-state index contributed by atoms with van der Waals surface area (Å²) in [4.78, 5) is 18.4. The van der Waals surface area contributed by atoms with Gasteiger partial charge in [0.15, 0.2) is 0 Å². The normalized spacial score (nSPS) is 15.5. The number of aliphatic carboxylic acids is 1. The topological polar surface area (TPSA) is 74.7 Å².